The van der Waals surface area contributed by atoms with Gasteiger partial charge in [-0.25, -0.2) is 16.8 Å². The number of nitrogens with zero attached hydrogens (tertiary/aromatic N) is 2. The van der Waals surface area contributed by atoms with Crippen LogP contribution in [0.25, 0.3) is 0 Å². The van der Waals surface area contributed by atoms with Crippen LogP contribution in [0.2, 0.25) is 0 Å². The molecule has 4 aliphatic rings. The molecule has 0 aromatic rings. The van der Waals surface area contributed by atoms with E-state index in [4.69, 9.17) is 0 Å². The van der Waals surface area contributed by atoms with Gasteiger partial charge in [-0.15, -0.1) is 0 Å². The number of hydrogen-bond donors (Lipinski definition) is 2. The fraction of sp³-hybridized carbons (Fsp3) is 1.00. The van der Waals surface area contributed by atoms with Crippen molar-refractivity contribution in [3.63, 3.8) is 0 Å². The van der Waals surface area contributed by atoms with E-state index in [-0.39, 0.29) is 11.5 Å². The smallest absolute Gasteiger partial charge is 0.0946 e. The van der Waals surface area contributed by atoms with Crippen molar-refractivity contribution in [3.8, 4) is 0 Å². The molecule has 12 heteroatoms. The average Bonchev–Trinajstić information content (AvgIpc) is 2.97. The molecule has 0 amide bonds. The molecule has 44 heavy (non-hydrogen) atoms. The maximum absolute atomic E-state index is 11.4. The molecule has 0 saturated heterocycles. The van der Waals surface area contributed by atoms with E-state index in [1.807, 2.05) is 7.05 Å². The second kappa shape index (κ2) is 17.2. The van der Waals surface area contributed by atoms with E-state index >= 15 is 0 Å². The lowest BCUT2D eigenvalue weighted by molar-refractivity contribution is -0.726. The number of nitrogens with two attached hydrogens (primary N) is 2. The molecule has 4 aliphatic carbocycles. The summed E-state index contributed by atoms with van der Waals surface area (Å²) in [5.74, 6) is 0.346. The van der Waals surface area contributed by atoms with E-state index in [0.717, 1.165) is 50.2 Å². The van der Waals surface area contributed by atoms with Gasteiger partial charge in [-0.3, -0.25) is 4.90 Å². The molecular weight excluding hydrogens is 601 g/mol. The number of quaternary nitrogens is 2. The Bertz CT molecular complexity index is 1040. The van der Waals surface area contributed by atoms with Gasteiger partial charge in [0.1, 0.15) is 0 Å². The first-order valence-electron chi connectivity index (χ1n) is 17.9. The standard InChI is InChI=1S/C32H62N4O6S2/c1-25-5-7-26(8-6-25)33-28-11-17-31(18-12-28)36(22-4-24-44(40,41)42)32-19-13-29(14-20-32)34-27-9-15-30(16-10-27)35(2)21-3-23-43(37,38)39/h25-34H,3-24H2,1-2H3,(H,37,38,39)(H,40,41,42). The molecule has 0 spiro atoms. The maximum atomic E-state index is 11.4. The van der Waals surface area contributed by atoms with Crippen LogP contribution in [0.1, 0.15) is 122 Å². The molecule has 4 N–H and O–H groups in total. The van der Waals surface area contributed by atoms with E-state index < -0.39 is 20.2 Å². The molecule has 0 atom stereocenters. The molecule has 0 unspecified atom stereocenters. The molecule has 4 fully saturated rings. The van der Waals surface area contributed by atoms with Crippen LogP contribution in [0.4, 0.5) is 0 Å². The van der Waals surface area contributed by atoms with Gasteiger partial charge in [0, 0.05) is 68.2 Å². The van der Waals surface area contributed by atoms with Crippen LogP contribution in [-0.2, 0) is 20.2 Å². The molecule has 0 radical (unpaired) electrons. The van der Waals surface area contributed by atoms with Crippen molar-refractivity contribution in [2.45, 2.75) is 165 Å². The predicted molar refractivity (Wildman–Crippen MR) is 171 cm³/mol. The molecule has 4 rings (SSSR count). The van der Waals surface area contributed by atoms with Gasteiger partial charge in [0.25, 0.3) is 0 Å². The normalized spacial score (nSPS) is 34.4. The summed E-state index contributed by atoms with van der Waals surface area (Å²) in [4.78, 5) is 4.86. The quantitative estimate of drug-likeness (QED) is 0.252. The summed E-state index contributed by atoms with van der Waals surface area (Å²) in [7, 11) is -6.27. The minimum Gasteiger partial charge on any atom is -0.748 e. The van der Waals surface area contributed by atoms with Gasteiger partial charge in [-0.05, 0) is 103 Å². The van der Waals surface area contributed by atoms with Gasteiger partial charge in [0.15, 0.2) is 0 Å². The highest BCUT2D eigenvalue weighted by Crippen LogP contribution is 2.31. The Morgan fingerprint density at radius 3 is 1.27 bits per heavy atom. The summed E-state index contributed by atoms with van der Waals surface area (Å²) in [6, 6.07) is 4.26. The fourth-order valence-electron chi connectivity index (χ4n) is 8.99. The fourth-order valence-corrected chi connectivity index (χ4v) is 9.96. The summed E-state index contributed by atoms with van der Waals surface area (Å²) in [5.41, 5.74) is 0. The van der Waals surface area contributed by atoms with Crippen molar-refractivity contribution in [3.05, 3.63) is 0 Å². The Labute approximate surface area is 268 Å². The van der Waals surface area contributed by atoms with Crippen LogP contribution in [0.3, 0.4) is 0 Å². The molecule has 258 valence electrons. The van der Waals surface area contributed by atoms with Crippen molar-refractivity contribution in [2.75, 3.05) is 31.6 Å². The van der Waals surface area contributed by atoms with Crippen molar-refractivity contribution in [1.82, 2.24) is 9.80 Å². The topological polar surface area (TPSA) is 154 Å². The monoisotopic (exact) mass is 662 g/mol. The third-order valence-electron chi connectivity index (χ3n) is 11.7. The highest BCUT2D eigenvalue weighted by atomic mass is 32.2. The van der Waals surface area contributed by atoms with Gasteiger partial charge >= 0.3 is 0 Å². The van der Waals surface area contributed by atoms with E-state index in [0.29, 0.717) is 49.6 Å². The van der Waals surface area contributed by atoms with Gasteiger partial charge in [-0.1, -0.05) is 6.92 Å². The van der Waals surface area contributed by atoms with Crippen LogP contribution in [0.5, 0.6) is 0 Å². The first kappa shape index (κ1) is 36.5. The lowest BCUT2D eigenvalue weighted by Gasteiger charge is -2.44. The predicted octanol–water partition coefficient (Wildman–Crippen LogP) is 1.73. The van der Waals surface area contributed by atoms with Gasteiger partial charge in [0.05, 0.1) is 44.4 Å². The maximum Gasteiger partial charge on any atom is 0.0946 e. The van der Waals surface area contributed by atoms with E-state index in [1.54, 1.807) is 0 Å². The zero-order valence-electron chi connectivity index (χ0n) is 27.5. The molecule has 0 aromatic carbocycles. The van der Waals surface area contributed by atoms with Crippen LogP contribution < -0.4 is 10.6 Å². The van der Waals surface area contributed by atoms with Crippen LogP contribution in [-0.4, -0.2) is 110 Å². The second-order valence-electron chi connectivity index (χ2n) is 15.1. The van der Waals surface area contributed by atoms with Crippen molar-refractivity contribution >= 4 is 20.2 Å². The Hall–Kier alpha value is -0.340. The minimum atomic E-state index is -4.18. The Morgan fingerprint density at radius 2 is 0.886 bits per heavy atom. The van der Waals surface area contributed by atoms with Gasteiger partial charge in [-0.2, -0.15) is 0 Å². The van der Waals surface area contributed by atoms with Crippen molar-refractivity contribution in [2.24, 2.45) is 5.92 Å². The molecule has 10 nitrogen and oxygen atoms in total. The largest absolute Gasteiger partial charge is 0.748 e. The lowest BCUT2D eigenvalue weighted by Crippen LogP contribution is -2.95. The van der Waals surface area contributed by atoms with E-state index in [2.05, 4.69) is 27.4 Å². The highest BCUT2D eigenvalue weighted by Gasteiger charge is 2.36. The molecule has 0 heterocycles. The first-order chi connectivity index (χ1) is 20.8. The summed E-state index contributed by atoms with van der Waals surface area (Å²) < 4.78 is 66.8. The van der Waals surface area contributed by atoms with E-state index in [1.165, 1.54) is 77.0 Å². The minimum absolute atomic E-state index is 0.258. The Morgan fingerprint density at radius 1 is 0.545 bits per heavy atom. The summed E-state index contributed by atoms with van der Waals surface area (Å²) in [6.07, 6.45) is 20.4. The summed E-state index contributed by atoms with van der Waals surface area (Å²) in [6.45, 7) is 3.76. The average molecular weight is 663 g/mol. The van der Waals surface area contributed by atoms with Crippen LogP contribution >= 0.6 is 0 Å². The zero-order valence-corrected chi connectivity index (χ0v) is 29.1. The molecule has 0 bridgehead atoms. The van der Waals surface area contributed by atoms with Crippen molar-refractivity contribution in [1.29, 1.82) is 0 Å². The highest BCUT2D eigenvalue weighted by molar-refractivity contribution is 7.85. The van der Waals surface area contributed by atoms with Gasteiger partial charge in [0.2, 0.25) is 0 Å². The van der Waals surface area contributed by atoms with Crippen molar-refractivity contribution < 1.29 is 36.6 Å². The SMILES string of the molecule is CC1CCC([NH2+]C2CCC(N(CCCS(=O)(=O)[O-])C3CCC([NH2+]C4CCC(N(C)CCCS(=O)(=O)[O-])CC4)CC3)CC2)CC1. The zero-order chi connectivity index (χ0) is 31.7. The summed E-state index contributed by atoms with van der Waals surface area (Å²) in [5, 5.41) is 5.31. The molecule has 0 aliphatic heterocycles. The third-order valence-corrected chi connectivity index (χ3v) is 13.2. The lowest BCUT2D eigenvalue weighted by atomic mass is 9.83. The van der Waals surface area contributed by atoms with Crippen LogP contribution in [0.15, 0.2) is 0 Å². The number of hydrogen-bond acceptors (Lipinski definition) is 8. The Kier molecular flexibility index (Phi) is 14.2. The Balaban J connectivity index is 1.20. The molecule has 0 aromatic heterocycles. The summed E-state index contributed by atoms with van der Waals surface area (Å²) >= 11 is 0. The van der Waals surface area contributed by atoms with E-state index in [9.17, 15) is 25.9 Å². The first-order valence-corrected chi connectivity index (χ1v) is 21.0. The molecular formula is C32H62N4O6S2. The van der Waals surface area contributed by atoms with Crippen LogP contribution in [0, 0.1) is 5.92 Å². The second-order valence-corrected chi connectivity index (χ2v) is 18.1. The van der Waals surface area contributed by atoms with Gasteiger partial charge < -0.3 is 24.6 Å². The molecule has 4 saturated carbocycles. The third kappa shape index (κ3) is 12.7. The number of rotatable bonds is 15.